The zero-order valence-corrected chi connectivity index (χ0v) is 9.05. The van der Waals surface area contributed by atoms with Crippen LogP contribution in [0.25, 0.3) is 10.8 Å². The van der Waals surface area contributed by atoms with E-state index in [2.05, 4.69) is 10.7 Å². The Kier molecular flexibility index (Phi) is 3.27. The molecule has 0 aliphatic carbocycles. The van der Waals surface area contributed by atoms with E-state index >= 15 is 0 Å². The molecule has 0 N–H and O–H groups in total. The largest absolute Gasteiger partial charge is 0.514 e. The Hall–Kier alpha value is -2.47. The number of fused-ring (bicyclic) bond motifs is 1. The first-order valence-electron chi connectivity index (χ1n) is 5.06. The smallest absolute Gasteiger partial charge is 0.421 e. The average Bonchev–Trinajstić information content (AvgIpc) is 2.36. The molecule has 17 heavy (non-hydrogen) atoms. The van der Waals surface area contributed by atoms with Gasteiger partial charge in [0, 0.05) is 0 Å². The van der Waals surface area contributed by atoms with Gasteiger partial charge in [0.1, 0.15) is 5.75 Å². The normalized spacial score (nSPS) is 9.59. The second kappa shape index (κ2) is 5.04. The van der Waals surface area contributed by atoms with Crippen LogP contribution < -0.4 is 4.74 Å². The van der Waals surface area contributed by atoms with Crippen LogP contribution in [0.3, 0.4) is 0 Å². The molecule has 0 saturated carbocycles. The second-order valence-electron chi connectivity index (χ2n) is 3.35. The standard InChI is InChI=1S/C14H10O3/c1-2-9-16-14(15)17-13-8-7-11-5-3-4-6-12(11)10-13/h1,3-8,10H,9H2. The Labute approximate surface area is 99.0 Å². The predicted octanol–water partition coefficient (Wildman–Crippen LogP) is 2.99. The van der Waals surface area contributed by atoms with Gasteiger partial charge in [0.15, 0.2) is 6.61 Å². The molecule has 0 bridgehead atoms. The number of hydrogen-bond acceptors (Lipinski definition) is 3. The van der Waals surface area contributed by atoms with Gasteiger partial charge in [-0.15, -0.1) is 6.42 Å². The van der Waals surface area contributed by atoms with Crippen molar-refractivity contribution in [2.24, 2.45) is 0 Å². The molecule has 0 amide bonds. The number of carbonyl (C=O) groups is 1. The summed E-state index contributed by atoms with van der Waals surface area (Å²) >= 11 is 0. The topological polar surface area (TPSA) is 35.5 Å². The van der Waals surface area contributed by atoms with Crippen LogP contribution in [0.5, 0.6) is 5.75 Å². The lowest BCUT2D eigenvalue weighted by molar-refractivity contribution is 0.111. The minimum absolute atomic E-state index is 0.0909. The van der Waals surface area contributed by atoms with Crippen molar-refractivity contribution in [2.75, 3.05) is 6.61 Å². The molecule has 0 radical (unpaired) electrons. The summed E-state index contributed by atoms with van der Waals surface area (Å²) in [5.41, 5.74) is 0. The number of ether oxygens (including phenoxy) is 2. The van der Waals surface area contributed by atoms with Crippen LogP contribution >= 0.6 is 0 Å². The first kappa shape index (κ1) is 11.0. The van der Waals surface area contributed by atoms with Crippen LogP contribution in [0.15, 0.2) is 42.5 Å². The molecule has 0 aliphatic heterocycles. The van der Waals surface area contributed by atoms with E-state index in [9.17, 15) is 4.79 Å². The van der Waals surface area contributed by atoms with Gasteiger partial charge in [-0.3, -0.25) is 0 Å². The Balaban J connectivity index is 2.14. The van der Waals surface area contributed by atoms with Crippen molar-refractivity contribution in [1.82, 2.24) is 0 Å². The molecule has 0 aliphatic rings. The number of terminal acetylenes is 1. The van der Waals surface area contributed by atoms with Crippen molar-refractivity contribution < 1.29 is 14.3 Å². The maximum absolute atomic E-state index is 11.2. The third kappa shape index (κ3) is 2.76. The van der Waals surface area contributed by atoms with Gasteiger partial charge in [0.2, 0.25) is 0 Å². The van der Waals surface area contributed by atoms with Crippen molar-refractivity contribution in [3.63, 3.8) is 0 Å². The third-order valence-electron chi connectivity index (χ3n) is 2.20. The summed E-state index contributed by atoms with van der Waals surface area (Å²) in [5.74, 6) is 2.63. The number of rotatable bonds is 2. The summed E-state index contributed by atoms with van der Waals surface area (Å²) in [6, 6.07) is 13.1. The molecule has 0 heterocycles. The predicted molar refractivity (Wildman–Crippen MR) is 64.8 cm³/mol. The lowest BCUT2D eigenvalue weighted by atomic mass is 10.1. The first-order chi connectivity index (χ1) is 8.29. The second-order valence-corrected chi connectivity index (χ2v) is 3.35. The Morgan fingerprint density at radius 2 is 1.94 bits per heavy atom. The van der Waals surface area contributed by atoms with E-state index in [-0.39, 0.29) is 6.61 Å². The van der Waals surface area contributed by atoms with Crippen molar-refractivity contribution in [2.45, 2.75) is 0 Å². The zero-order valence-electron chi connectivity index (χ0n) is 9.05. The SMILES string of the molecule is C#CCOC(=O)Oc1ccc2ccccc2c1. The Bertz CT molecular complexity index is 581. The fourth-order valence-corrected chi connectivity index (χ4v) is 1.46. The summed E-state index contributed by atoms with van der Waals surface area (Å²) in [6.07, 6.45) is 4.17. The lowest BCUT2D eigenvalue weighted by Crippen LogP contribution is -2.10. The number of carbonyl (C=O) groups excluding carboxylic acids is 1. The summed E-state index contributed by atoms with van der Waals surface area (Å²) in [7, 11) is 0. The minimum atomic E-state index is -0.793. The summed E-state index contributed by atoms with van der Waals surface area (Å²) in [4.78, 5) is 11.2. The molecule has 0 aromatic heterocycles. The molecule has 84 valence electrons. The number of hydrogen-bond donors (Lipinski definition) is 0. The molecule has 0 saturated heterocycles. The van der Waals surface area contributed by atoms with Crippen molar-refractivity contribution in [3.05, 3.63) is 42.5 Å². The van der Waals surface area contributed by atoms with Gasteiger partial charge in [0.25, 0.3) is 0 Å². The van der Waals surface area contributed by atoms with Gasteiger partial charge >= 0.3 is 6.16 Å². The van der Waals surface area contributed by atoms with Gasteiger partial charge in [0.05, 0.1) is 0 Å². The highest BCUT2D eigenvalue weighted by Gasteiger charge is 2.05. The van der Waals surface area contributed by atoms with Crippen LogP contribution in [0.1, 0.15) is 0 Å². The van der Waals surface area contributed by atoms with Gasteiger partial charge in [-0.25, -0.2) is 4.79 Å². The van der Waals surface area contributed by atoms with Crippen molar-refractivity contribution >= 4 is 16.9 Å². The van der Waals surface area contributed by atoms with Crippen molar-refractivity contribution in [1.29, 1.82) is 0 Å². The van der Waals surface area contributed by atoms with Crippen LogP contribution in [0.4, 0.5) is 4.79 Å². The molecular weight excluding hydrogens is 216 g/mol. The highest BCUT2D eigenvalue weighted by Crippen LogP contribution is 2.20. The Morgan fingerprint density at radius 3 is 2.71 bits per heavy atom. The monoisotopic (exact) mass is 226 g/mol. The van der Waals surface area contributed by atoms with E-state index < -0.39 is 6.16 Å². The molecule has 0 atom stereocenters. The maximum atomic E-state index is 11.2. The fourth-order valence-electron chi connectivity index (χ4n) is 1.46. The fraction of sp³-hybridized carbons (Fsp3) is 0.0714. The van der Waals surface area contributed by atoms with Gasteiger partial charge in [-0.05, 0) is 22.9 Å². The van der Waals surface area contributed by atoms with Gasteiger partial charge in [-0.2, -0.15) is 0 Å². The summed E-state index contributed by atoms with van der Waals surface area (Å²) in [5, 5.41) is 2.08. The van der Waals surface area contributed by atoms with E-state index in [0.29, 0.717) is 5.75 Å². The molecule has 3 heteroatoms. The molecule has 0 unspecified atom stereocenters. The third-order valence-corrected chi connectivity index (χ3v) is 2.20. The van der Waals surface area contributed by atoms with E-state index in [0.717, 1.165) is 10.8 Å². The lowest BCUT2D eigenvalue weighted by Gasteiger charge is -2.04. The molecule has 3 nitrogen and oxygen atoms in total. The molecule has 2 aromatic carbocycles. The zero-order chi connectivity index (χ0) is 12.1. The average molecular weight is 226 g/mol. The Morgan fingerprint density at radius 1 is 1.18 bits per heavy atom. The molecular formula is C14H10O3. The minimum Gasteiger partial charge on any atom is -0.421 e. The van der Waals surface area contributed by atoms with E-state index in [4.69, 9.17) is 11.2 Å². The quantitative estimate of drug-likeness (QED) is 0.448. The maximum Gasteiger partial charge on any atom is 0.514 e. The van der Waals surface area contributed by atoms with Crippen molar-refractivity contribution in [3.8, 4) is 18.1 Å². The molecule has 0 spiro atoms. The van der Waals surface area contributed by atoms with E-state index in [1.54, 1.807) is 12.1 Å². The molecule has 2 aromatic rings. The van der Waals surface area contributed by atoms with Crippen LogP contribution in [-0.2, 0) is 4.74 Å². The molecule has 0 fully saturated rings. The molecule has 2 rings (SSSR count). The van der Waals surface area contributed by atoms with E-state index in [1.165, 1.54) is 0 Å². The van der Waals surface area contributed by atoms with Crippen LogP contribution in [0.2, 0.25) is 0 Å². The number of benzene rings is 2. The van der Waals surface area contributed by atoms with Crippen LogP contribution in [0, 0.1) is 12.3 Å². The summed E-state index contributed by atoms with van der Waals surface area (Å²) < 4.78 is 9.58. The van der Waals surface area contributed by atoms with Gasteiger partial charge in [-0.1, -0.05) is 36.3 Å². The van der Waals surface area contributed by atoms with Gasteiger partial charge < -0.3 is 9.47 Å². The highest BCUT2D eigenvalue weighted by atomic mass is 16.7. The summed E-state index contributed by atoms with van der Waals surface area (Å²) in [6.45, 7) is -0.0909. The highest BCUT2D eigenvalue weighted by molar-refractivity contribution is 5.84. The first-order valence-corrected chi connectivity index (χ1v) is 5.06. The van der Waals surface area contributed by atoms with E-state index in [1.807, 2.05) is 30.3 Å². The van der Waals surface area contributed by atoms with Crippen LogP contribution in [-0.4, -0.2) is 12.8 Å².